The zero-order chi connectivity index (χ0) is 17.9. The smallest absolute Gasteiger partial charge is 0.238 e. The number of piperazine rings is 1. The van der Waals surface area contributed by atoms with Gasteiger partial charge in [0.15, 0.2) is 0 Å². The molecule has 0 bridgehead atoms. The Balaban J connectivity index is 1.50. The highest BCUT2D eigenvalue weighted by Crippen LogP contribution is 2.47. The van der Waals surface area contributed by atoms with E-state index in [1.165, 1.54) is 0 Å². The summed E-state index contributed by atoms with van der Waals surface area (Å²) in [5.74, 6) is -0.0963. The Morgan fingerprint density at radius 3 is 2.52 bits per heavy atom. The molecule has 6 heteroatoms. The van der Waals surface area contributed by atoms with Gasteiger partial charge in [0, 0.05) is 37.7 Å². The first-order chi connectivity index (χ1) is 12.0. The number of hydrogen-bond acceptors (Lipinski definition) is 3. The van der Waals surface area contributed by atoms with E-state index in [2.05, 4.69) is 17.1 Å². The molecule has 1 heterocycles. The predicted molar refractivity (Wildman–Crippen MR) is 98.5 cm³/mol. The summed E-state index contributed by atoms with van der Waals surface area (Å²) in [5.41, 5.74) is 0.280. The summed E-state index contributed by atoms with van der Waals surface area (Å²) < 4.78 is 0. The van der Waals surface area contributed by atoms with E-state index in [9.17, 15) is 9.59 Å². The van der Waals surface area contributed by atoms with E-state index in [1.54, 1.807) is 0 Å². The van der Waals surface area contributed by atoms with Gasteiger partial charge in [-0.05, 0) is 43.5 Å². The van der Waals surface area contributed by atoms with Crippen LogP contribution < -0.4 is 5.32 Å². The molecule has 2 fully saturated rings. The Morgan fingerprint density at radius 1 is 1.20 bits per heavy atom. The van der Waals surface area contributed by atoms with Crippen molar-refractivity contribution >= 4 is 23.4 Å². The fourth-order valence-corrected chi connectivity index (χ4v) is 3.63. The highest BCUT2D eigenvalue weighted by atomic mass is 35.5. The van der Waals surface area contributed by atoms with Crippen LogP contribution in [-0.2, 0) is 16.0 Å². The predicted octanol–water partition coefficient (Wildman–Crippen LogP) is 1.94. The summed E-state index contributed by atoms with van der Waals surface area (Å²) in [6.07, 6.45) is 2.05. The average Bonchev–Trinajstić information content (AvgIpc) is 3.43. The van der Waals surface area contributed by atoms with Gasteiger partial charge in [-0.1, -0.05) is 30.7 Å². The van der Waals surface area contributed by atoms with Gasteiger partial charge in [0.05, 0.1) is 0 Å². The molecule has 1 aromatic rings. The van der Waals surface area contributed by atoms with Crippen LogP contribution in [0.25, 0.3) is 0 Å². The number of hydrogen-bond donors (Lipinski definition) is 1. The molecule has 1 aliphatic heterocycles. The molecule has 3 rings (SSSR count). The van der Waals surface area contributed by atoms with Crippen LogP contribution in [0.2, 0.25) is 5.02 Å². The molecule has 0 aromatic heterocycles. The molecule has 1 saturated carbocycles. The van der Waals surface area contributed by atoms with Gasteiger partial charge in [-0.3, -0.25) is 9.59 Å². The quantitative estimate of drug-likeness (QED) is 0.786. The second-order valence-corrected chi connectivity index (χ2v) is 7.38. The lowest BCUT2D eigenvalue weighted by atomic mass is 10.0. The highest BCUT2D eigenvalue weighted by Gasteiger charge is 2.57. The summed E-state index contributed by atoms with van der Waals surface area (Å²) in [7, 11) is 0. The van der Waals surface area contributed by atoms with Crippen molar-refractivity contribution in [2.24, 2.45) is 5.41 Å². The summed E-state index contributed by atoms with van der Waals surface area (Å²) in [6, 6.07) is 7.63. The number of benzene rings is 1. The molecule has 0 spiro atoms. The maximum absolute atomic E-state index is 12.8. The second-order valence-electron chi connectivity index (χ2n) is 6.94. The number of amides is 2. The maximum atomic E-state index is 12.8. The van der Waals surface area contributed by atoms with Crippen molar-refractivity contribution in [1.82, 2.24) is 15.1 Å². The Morgan fingerprint density at radius 2 is 1.92 bits per heavy atom. The lowest BCUT2D eigenvalue weighted by molar-refractivity contribution is -0.145. The van der Waals surface area contributed by atoms with Gasteiger partial charge in [-0.15, -0.1) is 0 Å². The van der Waals surface area contributed by atoms with Crippen LogP contribution in [0.3, 0.4) is 0 Å². The number of rotatable bonds is 6. The highest BCUT2D eigenvalue weighted by molar-refractivity contribution is 6.30. The van der Waals surface area contributed by atoms with Gasteiger partial charge in [0.2, 0.25) is 11.8 Å². The van der Waals surface area contributed by atoms with Crippen molar-refractivity contribution in [2.45, 2.75) is 26.2 Å². The molecule has 25 heavy (non-hydrogen) atoms. The average molecular weight is 364 g/mol. The molecule has 5 nitrogen and oxygen atoms in total. The van der Waals surface area contributed by atoms with E-state index in [1.807, 2.05) is 29.2 Å². The topological polar surface area (TPSA) is 52.7 Å². The van der Waals surface area contributed by atoms with Crippen molar-refractivity contribution < 1.29 is 9.59 Å². The fraction of sp³-hybridized carbons (Fsp3) is 0.579. The SMILES string of the molecule is CCN1CCN(C(=O)C2(C(=O)NCCc3cccc(Cl)c3)CC2)CC1. The van der Waals surface area contributed by atoms with Crippen molar-refractivity contribution in [3.05, 3.63) is 34.9 Å². The van der Waals surface area contributed by atoms with Crippen LogP contribution in [0.15, 0.2) is 24.3 Å². The molecule has 1 saturated heterocycles. The Kier molecular flexibility index (Phi) is 5.64. The minimum atomic E-state index is -0.803. The lowest BCUT2D eigenvalue weighted by Crippen LogP contribution is -2.53. The van der Waals surface area contributed by atoms with Gasteiger partial charge >= 0.3 is 0 Å². The monoisotopic (exact) mass is 363 g/mol. The van der Waals surface area contributed by atoms with E-state index in [0.29, 0.717) is 30.8 Å². The van der Waals surface area contributed by atoms with Gasteiger partial charge in [0.25, 0.3) is 0 Å². The lowest BCUT2D eigenvalue weighted by Gasteiger charge is -2.35. The van der Waals surface area contributed by atoms with Crippen LogP contribution in [0.4, 0.5) is 0 Å². The van der Waals surface area contributed by atoms with E-state index < -0.39 is 5.41 Å². The molecule has 2 amide bonds. The number of likely N-dealkylation sites (N-methyl/N-ethyl adjacent to an activating group) is 1. The molecule has 1 aromatic carbocycles. The van der Waals surface area contributed by atoms with Crippen molar-refractivity contribution in [2.75, 3.05) is 39.3 Å². The third kappa shape index (κ3) is 4.15. The van der Waals surface area contributed by atoms with Crippen LogP contribution >= 0.6 is 11.6 Å². The molecule has 136 valence electrons. The summed E-state index contributed by atoms with van der Waals surface area (Å²) >= 11 is 5.98. The second kappa shape index (κ2) is 7.75. The minimum absolute atomic E-state index is 0.0171. The number of halogens is 1. The fourth-order valence-electron chi connectivity index (χ4n) is 3.41. The van der Waals surface area contributed by atoms with Gasteiger partial charge in [-0.2, -0.15) is 0 Å². The number of carbonyl (C=O) groups is 2. The summed E-state index contributed by atoms with van der Waals surface area (Å²) in [4.78, 5) is 29.6. The van der Waals surface area contributed by atoms with Crippen LogP contribution in [0, 0.1) is 5.41 Å². The van der Waals surface area contributed by atoms with Crippen molar-refractivity contribution in [3.63, 3.8) is 0 Å². The molecular formula is C19H26ClN3O2. The van der Waals surface area contributed by atoms with Crippen LogP contribution in [-0.4, -0.2) is 60.9 Å². The first-order valence-corrected chi connectivity index (χ1v) is 9.47. The van der Waals surface area contributed by atoms with Gasteiger partial charge in [-0.25, -0.2) is 0 Å². The molecule has 0 unspecified atom stereocenters. The third-order valence-electron chi connectivity index (χ3n) is 5.29. The Bertz CT molecular complexity index is 637. The van der Waals surface area contributed by atoms with E-state index in [-0.39, 0.29) is 11.8 Å². The van der Waals surface area contributed by atoms with Gasteiger partial charge < -0.3 is 15.1 Å². The van der Waals surface area contributed by atoms with Crippen LogP contribution in [0.5, 0.6) is 0 Å². The number of nitrogens with zero attached hydrogens (tertiary/aromatic N) is 2. The van der Waals surface area contributed by atoms with Crippen molar-refractivity contribution in [1.29, 1.82) is 0 Å². The molecule has 1 aliphatic carbocycles. The first kappa shape index (κ1) is 18.2. The van der Waals surface area contributed by atoms with Crippen molar-refractivity contribution in [3.8, 4) is 0 Å². The largest absolute Gasteiger partial charge is 0.355 e. The Labute approximate surface area is 154 Å². The van der Waals surface area contributed by atoms with E-state index in [4.69, 9.17) is 11.6 Å². The summed E-state index contributed by atoms with van der Waals surface area (Å²) in [5, 5.41) is 3.65. The van der Waals surface area contributed by atoms with E-state index in [0.717, 1.165) is 38.3 Å². The first-order valence-electron chi connectivity index (χ1n) is 9.09. The molecule has 1 N–H and O–H groups in total. The van der Waals surface area contributed by atoms with Crippen LogP contribution in [0.1, 0.15) is 25.3 Å². The zero-order valence-electron chi connectivity index (χ0n) is 14.8. The number of carbonyl (C=O) groups excluding carboxylic acids is 2. The summed E-state index contributed by atoms with van der Waals surface area (Å²) in [6.45, 7) is 6.92. The number of nitrogens with one attached hydrogen (secondary N) is 1. The maximum Gasteiger partial charge on any atom is 0.238 e. The van der Waals surface area contributed by atoms with E-state index >= 15 is 0 Å². The minimum Gasteiger partial charge on any atom is -0.355 e. The van der Waals surface area contributed by atoms with Gasteiger partial charge in [0.1, 0.15) is 5.41 Å². The molecular weight excluding hydrogens is 338 g/mol. The normalized spacial score (nSPS) is 19.5. The Hall–Kier alpha value is -1.59. The molecule has 0 atom stereocenters. The molecule has 0 radical (unpaired) electrons. The molecule has 2 aliphatic rings. The standard InChI is InChI=1S/C19H26ClN3O2/c1-2-22-10-12-23(13-11-22)18(25)19(7-8-19)17(24)21-9-6-15-4-3-5-16(20)14-15/h3-5,14H,2,6-13H2,1H3,(H,21,24). The third-order valence-corrected chi connectivity index (χ3v) is 5.52. The zero-order valence-corrected chi connectivity index (χ0v) is 15.5.